The first-order valence-electron chi connectivity index (χ1n) is 34.6. The third kappa shape index (κ3) is 32.0. The number of unbranched alkanes of at least 4 members (excludes halogenated alkanes) is 33. The van der Waals surface area contributed by atoms with Gasteiger partial charge in [-0.1, -0.05) is 237 Å². The van der Waals surface area contributed by atoms with E-state index in [9.17, 15) is 61.0 Å². The lowest BCUT2D eigenvalue weighted by Crippen LogP contribution is -2.66. The van der Waals surface area contributed by atoms with Crippen LogP contribution in [0, 0.1) is 0 Å². The number of hydrogen-bond donors (Lipinski definition) is 12. The smallest absolute Gasteiger partial charge is 0.220 e. The van der Waals surface area contributed by atoms with E-state index in [-0.39, 0.29) is 18.9 Å². The number of ether oxygens (including phenoxy) is 6. The molecule has 506 valence electrons. The second-order valence-electron chi connectivity index (χ2n) is 25.0. The zero-order valence-electron chi connectivity index (χ0n) is 53.3. The van der Waals surface area contributed by atoms with Gasteiger partial charge in [-0.25, -0.2) is 0 Å². The monoisotopic (exact) mass is 1230 g/mol. The average Bonchev–Trinajstić information content (AvgIpc) is 2.24. The normalized spacial score (nSPS) is 28.9. The number of aliphatic hydroxyl groups is 11. The molecule has 17 atom stereocenters. The summed E-state index contributed by atoms with van der Waals surface area (Å²) in [6, 6.07) is -0.891. The van der Waals surface area contributed by atoms with Crippen molar-refractivity contribution in [1.29, 1.82) is 0 Å². The Hall–Kier alpha value is -1.73. The number of aliphatic hydroxyl groups excluding tert-OH is 11. The van der Waals surface area contributed by atoms with E-state index in [0.717, 1.165) is 77.0 Å². The van der Waals surface area contributed by atoms with Crippen molar-refractivity contribution >= 4 is 5.91 Å². The van der Waals surface area contributed by atoms with Crippen LogP contribution in [0.1, 0.15) is 264 Å². The predicted octanol–water partition coefficient (Wildman–Crippen LogP) is 8.66. The molecule has 3 rings (SSSR count). The van der Waals surface area contributed by atoms with Gasteiger partial charge in [0.2, 0.25) is 5.91 Å². The Kier molecular flexibility index (Phi) is 45.6. The SMILES string of the molecule is CCCCC/C=C\C/C=C\CCCCCCCCCC(=O)NC(COC1OC(CO)C(OC2OC(CO)C(OC3OC(CO)C(O)C(O)C3O)C(O)C2O)C(O)C1O)C(O)CCCCCCCCCCCCCCCCCCCCCCCCCC. The van der Waals surface area contributed by atoms with Gasteiger partial charge >= 0.3 is 0 Å². The van der Waals surface area contributed by atoms with Gasteiger partial charge in [0, 0.05) is 6.42 Å². The predicted molar refractivity (Wildman–Crippen MR) is 333 cm³/mol. The number of amides is 1. The van der Waals surface area contributed by atoms with E-state index >= 15 is 0 Å². The van der Waals surface area contributed by atoms with Crippen molar-refractivity contribution in [2.45, 2.75) is 369 Å². The minimum Gasteiger partial charge on any atom is -0.394 e. The first-order valence-corrected chi connectivity index (χ1v) is 34.6. The highest BCUT2D eigenvalue weighted by molar-refractivity contribution is 5.76. The lowest BCUT2D eigenvalue weighted by molar-refractivity contribution is -0.379. The molecule has 0 saturated carbocycles. The molecule has 0 spiro atoms. The molecule has 19 nitrogen and oxygen atoms in total. The Balaban J connectivity index is 1.43. The number of rotatable bonds is 53. The summed E-state index contributed by atoms with van der Waals surface area (Å²) in [4.78, 5) is 13.4. The molecule has 3 aliphatic rings. The summed E-state index contributed by atoms with van der Waals surface area (Å²) in [5, 5.41) is 121. The molecule has 0 radical (unpaired) electrons. The van der Waals surface area contributed by atoms with E-state index in [1.807, 2.05) is 0 Å². The van der Waals surface area contributed by atoms with E-state index in [1.54, 1.807) is 0 Å². The Bertz CT molecular complexity index is 1660. The molecule has 17 unspecified atom stereocenters. The summed E-state index contributed by atoms with van der Waals surface area (Å²) in [5.41, 5.74) is 0. The van der Waals surface area contributed by atoms with Gasteiger partial charge in [0.25, 0.3) is 0 Å². The minimum absolute atomic E-state index is 0.248. The van der Waals surface area contributed by atoms with E-state index in [1.165, 1.54) is 154 Å². The molecule has 86 heavy (non-hydrogen) atoms. The molecule has 3 aliphatic heterocycles. The lowest BCUT2D eigenvalue weighted by atomic mass is 9.96. The van der Waals surface area contributed by atoms with Crippen LogP contribution in [0.5, 0.6) is 0 Å². The third-order valence-electron chi connectivity index (χ3n) is 17.5. The van der Waals surface area contributed by atoms with Gasteiger partial charge in [-0.05, 0) is 44.9 Å². The summed E-state index contributed by atoms with van der Waals surface area (Å²) in [6.07, 6.45) is 28.2. The van der Waals surface area contributed by atoms with Gasteiger partial charge in [0.05, 0.1) is 38.6 Å². The highest BCUT2D eigenvalue weighted by atomic mass is 16.8. The summed E-state index contributed by atoms with van der Waals surface area (Å²) in [6.45, 7) is 1.79. The van der Waals surface area contributed by atoms with Gasteiger partial charge in [-0.15, -0.1) is 0 Å². The van der Waals surface area contributed by atoms with Crippen molar-refractivity contribution in [2.75, 3.05) is 26.4 Å². The first kappa shape index (κ1) is 78.5. The lowest BCUT2D eigenvalue weighted by Gasteiger charge is -2.48. The highest BCUT2D eigenvalue weighted by Gasteiger charge is 2.53. The second kappa shape index (κ2) is 49.9. The average molecular weight is 1230 g/mol. The summed E-state index contributed by atoms with van der Waals surface area (Å²) < 4.78 is 34.4. The van der Waals surface area contributed by atoms with Gasteiger partial charge < -0.3 is 89.9 Å². The fourth-order valence-corrected chi connectivity index (χ4v) is 11.9. The fraction of sp³-hybridized carbons (Fsp3) is 0.925. The largest absolute Gasteiger partial charge is 0.394 e. The maximum Gasteiger partial charge on any atom is 0.220 e. The van der Waals surface area contributed by atoms with Crippen LogP contribution in [0.3, 0.4) is 0 Å². The zero-order valence-corrected chi connectivity index (χ0v) is 53.3. The molecule has 12 N–H and O–H groups in total. The van der Waals surface area contributed by atoms with Crippen molar-refractivity contribution in [3.63, 3.8) is 0 Å². The standard InChI is InChI=1S/C67H125NO18/c1-3-5-7-9-11-13-15-17-19-21-22-23-24-25-26-27-29-30-32-34-36-38-40-42-44-51(72)50(68-55(73)45-43-41-39-37-35-33-31-28-20-18-16-14-12-10-8-6-4-2)49-81-65-61(79)58(76)63(53(47-70)83-65)86-67-62(80)59(77)64(54(48-71)84-67)85-66-60(78)57(75)56(74)52(46-69)82-66/h12,14,18,20,50-54,56-67,69-72,74-80H,3-11,13,15-17,19,21-49H2,1-2H3,(H,68,73)/b14-12-,20-18-. The number of carbonyl (C=O) groups is 1. The van der Waals surface area contributed by atoms with Gasteiger partial charge in [-0.3, -0.25) is 4.79 Å². The number of allylic oxidation sites excluding steroid dienone is 4. The van der Waals surface area contributed by atoms with Crippen LogP contribution in [-0.4, -0.2) is 193 Å². The van der Waals surface area contributed by atoms with Crippen molar-refractivity contribution < 1.29 is 89.4 Å². The van der Waals surface area contributed by atoms with Crippen LogP contribution < -0.4 is 5.32 Å². The van der Waals surface area contributed by atoms with Crippen molar-refractivity contribution in [2.24, 2.45) is 0 Å². The Labute approximate surface area is 518 Å². The molecular weight excluding hydrogens is 1110 g/mol. The number of nitrogens with one attached hydrogen (secondary N) is 1. The summed E-state index contributed by atoms with van der Waals surface area (Å²) >= 11 is 0. The molecule has 3 saturated heterocycles. The van der Waals surface area contributed by atoms with E-state index in [2.05, 4.69) is 43.5 Å². The van der Waals surface area contributed by atoms with Gasteiger partial charge in [-0.2, -0.15) is 0 Å². The van der Waals surface area contributed by atoms with Crippen molar-refractivity contribution in [1.82, 2.24) is 5.32 Å². The van der Waals surface area contributed by atoms with E-state index < -0.39 is 124 Å². The van der Waals surface area contributed by atoms with Gasteiger partial charge in [0.15, 0.2) is 18.9 Å². The quantitative estimate of drug-likeness (QED) is 0.0200. The molecule has 0 aromatic rings. The van der Waals surface area contributed by atoms with Crippen LogP contribution in [0.25, 0.3) is 0 Å². The molecule has 0 bridgehead atoms. The number of hydrogen-bond acceptors (Lipinski definition) is 18. The van der Waals surface area contributed by atoms with Crippen LogP contribution in [0.2, 0.25) is 0 Å². The first-order chi connectivity index (χ1) is 41.8. The zero-order chi connectivity index (χ0) is 62.6. The maximum atomic E-state index is 13.4. The number of carbonyl (C=O) groups excluding carboxylic acids is 1. The van der Waals surface area contributed by atoms with Crippen LogP contribution in [-0.2, 0) is 33.2 Å². The fourth-order valence-electron chi connectivity index (χ4n) is 11.9. The maximum absolute atomic E-state index is 13.4. The van der Waals surface area contributed by atoms with Crippen molar-refractivity contribution in [3.05, 3.63) is 24.3 Å². The minimum atomic E-state index is -1.97. The molecule has 1 amide bonds. The Morgan fingerprint density at radius 2 is 0.767 bits per heavy atom. The molecule has 3 fully saturated rings. The van der Waals surface area contributed by atoms with Gasteiger partial charge in [0.1, 0.15) is 73.2 Å². The Morgan fingerprint density at radius 3 is 1.21 bits per heavy atom. The topological polar surface area (TPSA) is 307 Å². The molecular formula is C67H125NO18. The van der Waals surface area contributed by atoms with E-state index in [0.29, 0.717) is 12.8 Å². The van der Waals surface area contributed by atoms with Crippen LogP contribution >= 0.6 is 0 Å². The molecule has 0 aromatic heterocycles. The van der Waals surface area contributed by atoms with Crippen LogP contribution in [0.4, 0.5) is 0 Å². The highest BCUT2D eigenvalue weighted by Crippen LogP contribution is 2.33. The molecule has 19 heteroatoms. The Morgan fingerprint density at radius 1 is 0.419 bits per heavy atom. The third-order valence-corrected chi connectivity index (χ3v) is 17.5. The van der Waals surface area contributed by atoms with Crippen molar-refractivity contribution in [3.8, 4) is 0 Å². The van der Waals surface area contributed by atoms with Crippen LogP contribution in [0.15, 0.2) is 24.3 Å². The molecule has 0 aliphatic carbocycles. The molecule has 0 aromatic carbocycles. The second-order valence-corrected chi connectivity index (χ2v) is 25.0. The summed E-state index contributed by atoms with van der Waals surface area (Å²) in [7, 11) is 0. The van der Waals surface area contributed by atoms with E-state index in [4.69, 9.17) is 28.4 Å². The molecule has 3 heterocycles. The summed E-state index contributed by atoms with van der Waals surface area (Å²) in [5.74, 6) is -0.248.